The van der Waals surface area contributed by atoms with Gasteiger partial charge in [0.1, 0.15) is 6.61 Å². The van der Waals surface area contributed by atoms with Crippen molar-refractivity contribution in [2.75, 3.05) is 13.7 Å². The third-order valence-electron chi connectivity index (χ3n) is 2.91. The van der Waals surface area contributed by atoms with E-state index in [1.807, 2.05) is 27.8 Å². The third kappa shape index (κ3) is 5.88. The van der Waals surface area contributed by atoms with E-state index in [4.69, 9.17) is 4.74 Å². The molecule has 1 amide bonds. The summed E-state index contributed by atoms with van der Waals surface area (Å²) in [6, 6.07) is 8.37. The third-order valence-corrected chi connectivity index (χ3v) is 2.91. The zero-order chi connectivity index (χ0) is 14.5. The van der Waals surface area contributed by atoms with Crippen LogP contribution in [0.25, 0.3) is 0 Å². The molecule has 0 fully saturated rings. The van der Waals surface area contributed by atoms with Crippen molar-refractivity contribution in [1.82, 2.24) is 4.90 Å². The van der Waals surface area contributed by atoms with E-state index in [-0.39, 0.29) is 18.1 Å². The summed E-state index contributed by atoms with van der Waals surface area (Å²) in [6.07, 6.45) is 1.04. The van der Waals surface area contributed by atoms with Gasteiger partial charge in [0.2, 0.25) is 5.91 Å². The van der Waals surface area contributed by atoms with E-state index in [0.717, 1.165) is 12.0 Å². The van der Waals surface area contributed by atoms with Crippen molar-refractivity contribution >= 4 is 5.91 Å². The molecule has 0 saturated heterocycles. The zero-order valence-corrected chi connectivity index (χ0v) is 12.7. The van der Waals surface area contributed by atoms with Gasteiger partial charge in [0.15, 0.2) is 0 Å². The molecular weight excluding hydrogens is 238 g/mol. The normalized spacial score (nSPS) is 11.4. The van der Waals surface area contributed by atoms with E-state index in [2.05, 4.69) is 31.2 Å². The van der Waals surface area contributed by atoms with Crippen LogP contribution in [0.4, 0.5) is 0 Å². The first-order valence-corrected chi connectivity index (χ1v) is 6.77. The van der Waals surface area contributed by atoms with Crippen LogP contribution in [0, 0.1) is 0 Å². The summed E-state index contributed by atoms with van der Waals surface area (Å²) in [5, 5.41) is 0. The van der Waals surface area contributed by atoms with Gasteiger partial charge in [0.25, 0.3) is 0 Å². The van der Waals surface area contributed by atoms with Gasteiger partial charge in [-0.2, -0.15) is 0 Å². The number of carbonyl (C=O) groups excluding carboxylic acids is 1. The number of benzene rings is 1. The number of aryl methyl sites for hydroxylation is 1. The fraction of sp³-hybridized carbons (Fsp3) is 0.562. The van der Waals surface area contributed by atoms with Crippen LogP contribution < -0.4 is 0 Å². The summed E-state index contributed by atoms with van der Waals surface area (Å²) in [7, 11) is 1.81. The smallest absolute Gasteiger partial charge is 0.248 e. The first-order valence-electron chi connectivity index (χ1n) is 6.77. The Morgan fingerprint density at radius 3 is 2.16 bits per heavy atom. The van der Waals surface area contributed by atoms with Crippen LogP contribution in [0.5, 0.6) is 0 Å². The monoisotopic (exact) mass is 263 g/mol. The number of carbonyl (C=O) groups is 1. The maximum absolute atomic E-state index is 11.9. The molecule has 19 heavy (non-hydrogen) atoms. The molecular formula is C16H25NO2. The van der Waals surface area contributed by atoms with Gasteiger partial charge in [0.05, 0.1) is 5.60 Å². The molecule has 0 unspecified atom stereocenters. The highest BCUT2D eigenvalue weighted by atomic mass is 16.5. The molecule has 0 saturated carbocycles. The van der Waals surface area contributed by atoms with Gasteiger partial charge in [-0.25, -0.2) is 0 Å². The average molecular weight is 263 g/mol. The van der Waals surface area contributed by atoms with Gasteiger partial charge >= 0.3 is 0 Å². The Labute approximate surface area is 116 Å². The van der Waals surface area contributed by atoms with Crippen molar-refractivity contribution in [2.24, 2.45) is 0 Å². The van der Waals surface area contributed by atoms with Crippen LogP contribution in [-0.4, -0.2) is 30.1 Å². The van der Waals surface area contributed by atoms with Crippen molar-refractivity contribution < 1.29 is 9.53 Å². The second-order valence-corrected chi connectivity index (χ2v) is 5.82. The standard InChI is InChI=1S/C16H25NO2/c1-6-13-7-9-14(10-8-13)11-17(5)15(18)12-19-16(2,3)4/h7-10H,6,11-12H2,1-5H3. The predicted molar refractivity (Wildman–Crippen MR) is 78.0 cm³/mol. The first kappa shape index (κ1) is 15.7. The van der Waals surface area contributed by atoms with E-state index in [1.54, 1.807) is 4.90 Å². The summed E-state index contributed by atoms with van der Waals surface area (Å²) in [4.78, 5) is 13.6. The number of nitrogens with zero attached hydrogens (tertiary/aromatic N) is 1. The topological polar surface area (TPSA) is 29.5 Å². The molecule has 1 rings (SSSR count). The number of hydrogen-bond acceptors (Lipinski definition) is 2. The maximum Gasteiger partial charge on any atom is 0.248 e. The SMILES string of the molecule is CCc1ccc(CN(C)C(=O)COC(C)(C)C)cc1. The summed E-state index contributed by atoms with van der Waals surface area (Å²) < 4.78 is 5.50. The molecule has 0 N–H and O–H groups in total. The highest BCUT2D eigenvalue weighted by Crippen LogP contribution is 2.09. The summed E-state index contributed by atoms with van der Waals surface area (Å²) >= 11 is 0. The molecule has 0 atom stereocenters. The van der Waals surface area contributed by atoms with E-state index >= 15 is 0 Å². The van der Waals surface area contributed by atoms with Crippen LogP contribution in [0.15, 0.2) is 24.3 Å². The van der Waals surface area contributed by atoms with Gasteiger partial charge in [-0.3, -0.25) is 4.79 Å². The van der Waals surface area contributed by atoms with Crippen molar-refractivity contribution in [3.05, 3.63) is 35.4 Å². The lowest BCUT2D eigenvalue weighted by molar-refractivity contribution is -0.140. The quantitative estimate of drug-likeness (QED) is 0.817. The molecule has 1 aromatic rings. The zero-order valence-electron chi connectivity index (χ0n) is 12.7. The Bertz CT molecular complexity index is 404. The Balaban J connectivity index is 2.49. The highest BCUT2D eigenvalue weighted by Gasteiger charge is 2.15. The van der Waals surface area contributed by atoms with Crippen molar-refractivity contribution in [1.29, 1.82) is 0 Å². The Hall–Kier alpha value is -1.35. The lowest BCUT2D eigenvalue weighted by Crippen LogP contribution is -2.33. The van der Waals surface area contributed by atoms with Gasteiger partial charge in [0, 0.05) is 13.6 Å². The second kappa shape index (κ2) is 6.71. The largest absolute Gasteiger partial charge is 0.366 e. The molecule has 0 aliphatic rings. The molecule has 3 nitrogen and oxygen atoms in total. The van der Waals surface area contributed by atoms with E-state index in [1.165, 1.54) is 5.56 Å². The fourth-order valence-electron chi connectivity index (χ4n) is 1.63. The van der Waals surface area contributed by atoms with Crippen molar-refractivity contribution in [3.8, 4) is 0 Å². The highest BCUT2D eigenvalue weighted by molar-refractivity contribution is 5.77. The molecule has 0 heterocycles. The van der Waals surface area contributed by atoms with Gasteiger partial charge in [-0.05, 0) is 38.3 Å². The molecule has 0 radical (unpaired) electrons. The molecule has 0 aliphatic carbocycles. The Kier molecular flexibility index (Phi) is 5.55. The van der Waals surface area contributed by atoms with Crippen LogP contribution in [0.2, 0.25) is 0 Å². The minimum atomic E-state index is -0.278. The Morgan fingerprint density at radius 2 is 1.68 bits per heavy atom. The summed E-state index contributed by atoms with van der Waals surface area (Å²) in [6.45, 7) is 8.73. The summed E-state index contributed by atoms with van der Waals surface area (Å²) in [5.74, 6) is 0.00879. The minimum absolute atomic E-state index is 0.00879. The lowest BCUT2D eigenvalue weighted by atomic mass is 10.1. The molecule has 0 aromatic heterocycles. The van der Waals surface area contributed by atoms with Crippen LogP contribution in [0.1, 0.15) is 38.8 Å². The minimum Gasteiger partial charge on any atom is -0.366 e. The van der Waals surface area contributed by atoms with E-state index in [0.29, 0.717) is 6.54 Å². The molecule has 0 aliphatic heterocycles. The molecule has 0 bridgehead atoms. The number of rotatable bonds is 5. The van der Waals surface area contributed by atoms with Gasteiger partial charge in [-0.15, -0.1) is 0 Å². The number of amides is 1. The van der Waals surface area contributed by atoms with Crippen LogP contribution in [-0.2, 0) is 22.5 Å². The molecule has 0 spiro atoms. The second-order valence-electron chi connectivity index (χ2n) is 5.82. The lowest BCUT2D eigenvalue weighted by Gasteiger charge is -2.22. The van der Waals surface area contributed by atoms with Crippen molar-refractivity contribution in [2.45, 2.75) is 46.3 Å². The van der Waals surface area contributed by atoms with E-state index in [9.17, 15) is 4.79 Å². The molecule has 3 heteroatoms. The predicted octanol–water partition coefficient (Wildman–Crippen LogP) is 3.02. The molecule has 1 aromatic carbocycles. The van der Waals surface area contributed by atoms with Crippen LogP contribution >= 0.6 is 0 Å². The van der Waals surface area contributed by atoms with Gasteiger partial charge in [-0.1, -0.05) is 31.2 Å². The average Bonchev–Trinajstić information content (AvgIpc) is 2.36. The summed E-state index contributed by atoms with van der Waals surface area (Å²) in [5.41, 5.74) is 2.18. The van der Waals surface area contributed by atoms with E-state index < -0.39 is 0 Å². The van der Waals surface area contributed by atoms with Crippen LogP contribution in [0.3, 0.4) is 0 Å². The maximum atomic E-state index is 11.9. The van der Waals surface area contributed by atoms with Gasteiger partial charge < -0.3 is 9.64 Å². The number of likely N-dealkylation sites (N-methyl/N-ethyl adjacent to an activating group) is 1. The Morgan fingerprint density at radius 1 is 1.16 bits per heavy atom. The van der Waals surface area contributed by atoms with Crippen molar-refractivity contribution in [3.63, 3.8) is 0 Å². The fourth-order valence-corrected chi connectivity index (χ4v) is 1.63. The number of hydrogen-bond donors (Lipinski definition) is 0. The first-order chi connectivity index (χ1) is 8.81. The number of ether oxygens (including phenoxy) is 1. The molecule has 106 valence electrons.